The highest BCUT2D eigenvalue weighted by Gasteiger charge is 2.34. The van der Waals surface area contributed by atoms with Crippen molar-refractivity contribution in [1.82, 2.24) is 10.2 Å². The van der Waals surface area contributed by atoms with E-state index < -0.39 is 12.0 Å². The number of anilines is 1. The number of amides is 2. The molecule has 1 unspecified atom stereocenters. The molecule has 1 aliphatic heterocycles. The Morgan fingerprint density at radius 2 is 2.08 bits per heavy atom. The summed E-state index contributed by atoms with van der Waals surface area (Å²) in [6.07, 6.45) is 0.564. The van der Waals surface area contributed by atoms with Gasteiger partial charge in [0.25, 0.3) is 0 Å². The number of nitrogens with zero attached hydrogens (tertiary/aromatic N) is 1. The minimum Gasteiger partial charge on any atom is -0.466 e. The number of hydrogen-bond donors (Lipinski definition) is 2. The van der Waals surface area contributed by atoms with Crippen molar-refractivity contribution in [3.63, 3.8) is 0 Å². The fourth-order valence-corrected chi connectivity index (χ4v) is 2.62. The third-order valence-electron chi connectivity index (χ3n) is 3.77. The predicted octanol–water partition coefficient (Wildman–Crippen LogP) is 1.42. The molecule has 2 rings (SSSR count). The molecular formula is C17H22ClN3O4. The van der Waals surface area contributed by atoms with Crippen molar-refractivity contribution in [2.24, 2.45) is 0 Å². The van der Waals surface area contributed by atoms with Gasteiger partial charge in [-0.1, -0.05) is 18.5 Å². The number of rotatable bonds is 7. The van der Waals surface area contributed by atoms with Crippen LogP contribution in [0.15, 0.2) is 24.3 Å². The monoisotopic (exact) mass is 367 g/mol. The average Bonchev–Trinajstić information content (AvgIpc) is 2.61. The van der Waals surface area contributed by atoms with Crippen molar-refractivity contribution in [1.29, 1.82) is 0 Å². The Morgan fingerprint density at radius 3 is 2.76 bits per heavy atom. The first-order chi connectivity index (χ1) is 12.0. The zero-order valence-corrected chi connectivity index (χ0v) is 14.8. The molecule has 1 atom stereocenters. The fraction of sp³-hybridized carbons (Fsp3) is 0.471. The smallest absolute Gasteiger partial charge is 0.308 e. The molecule has 1 aromatic carbocycles. The number of hydrogen-bond acceptors (Lipinski definition) is 5. The van der Waals surface area contributed by atoms with Crippen LogP contribution in [0.2, 0.25) is 5.02 Å². The van der Waals surface area contributed by atoms with Crippen LogP contribution in [0.1, 0.15) is 19.8 Å². The molecule has 1 aromatic rings. The minimum absolute atomic E-state index is 0.0232. The van der Waals surface area contributed by atoms with Gasteiger partial charge in [-0.2, -0.15) is 0 Å². The number of benzene rings is 1. The van der Waals surface area contributed by atoms with Crippen molar-refractivity contribution in [2.75, 3.05) is 31.6 Å². The minimum atomic E-state index is -0.836. The van der Waals surface area contributed by atoms with Gasteiger partial charge in [0.1, 0.15) is 6.04 Å². The van der Waals surface area contributed by atoms with E-state index in [9.17, 15) is 14.4 Å². The molecule has 8 heteroatoms. The second kappa shape index (κ2) is 9.27. The summed E-state index contributed by atoms with van der Waals surface area (Å²) in [7, 11) is 0. The molecule has 0 aromatic heterocycles. The van der Waals surface area contributed by atoms with Gasteiger partial charge in [-0.25, -0.2) is 0 Å². The van der Waals surface area contributed by atoms with Crippen LogP contribution < -0.4 is 10.6 Å². The second-order valence-electron chi connectivity index (χ2n) is 5.68. The number of nitrogens with one attached hydrogen (secondary N) is 2. The maximum atomic E-state index is 12.5. The highest BCUT2D eigenvalue weighted by Crippen LogP contribution is 2.14. The molecule has 0 aliphatic carbocycles. The van der Waals surface area contributed by atoms with Crippen LogP contribution in [0.3, 0.4) is 0 Å². The Balaban J connectivity index is 1.95. The van der Waals surface area contributed by atoms with Gasteiger partial charge in [-0.05, 0) is 30.7 Å². The van der Waals surface area contributed by atoms with Gasteiger partial charge in [0.05, 0.1) is 19.6 Å². The van der Waals surface area contributed by atoms with Gasteiger partial charge in [0, 0.05) is 23.8 Å². The summed E-state index contributed by atoms with van der Waals surface area (Å²) in [6, 6.07) is 6.12. The van der Waals surface area contributed by atoms with E-state index in [0.29, 0.717) is 31.1 Å². The van der Waals surface area contributed by atoms with E-state index in [4.69, 9.17) is 16.3 Å². The first kappa shape index (κ1) is 19.1. The Morgan fingerprint density at radius 1 is 1.36 bits per heavy atom. The van der Waals surface area contributed by atoms with Crippen molar-refractivity contribution in [2.45, 2.75) is 25.8 Å². The second-order valence-corrected chi connectivity index (χ2v) is 6.12. The molecule has 1 saturated heterocycles. The van der Waals surface area contributed by atoms with E-state index in [2.05, 4.69) is 10.6 Å². The first-order valence-electron chi connectivity index (χ1n) is 8.23. The van der Waals surface area contributed by atoms with Crippen LogP contribution in [-0.4, -0.2) is 55.0 Å². The Kier molecular flexibility index (Phi) is 7.06. The molecule has 0 radical (unpaired) electrons. The third-order valence-corrected chi connectivity index (χ3v) is 4.02. The molecule has 136 valence electrons. The zero-order chi connectivity index (χ0) is 18.2. The SMILES string of the molecule is CCCOC(=O)CC1C(=O)NCCN1C(=O)CNc1ccc(Cl)cc1. The van der Waals surface area contributed by atoms with Crippen molar-refractivity contribution in [3.8, 4) is 0 Å². The summed E-state index contributed by atoms with van der Waals surface area (Å²) in [5.41, 5.74) is 0.748. The van der Waals surface area contributed by atoms with E-state index >= 15 is 0 Å². The van der Waals surface area contributed by atoms with Gasteiger partial charge in [-0.3, -0.25) is 14.4 Å². The summed E-state index contributed by atoms with van der Waals surface area (Å²) >= 11 is 5.82. The molecule has 1 aliphatic rings. The van der Waals surface area contributed by atoms with Crippen LogP contribution >= 0.6 is 11.6 Å². The number of carbonyl (C=O) groups excluding carboxylic acids is 3. The maximum absolute atomic E-state index is 12.5. The van der Waals surface area contributed by atoms with Crippen LogP contribution in [-0.2, 0) is 19.1 Å². The Bertz CT molecular complexity index is 621. The van der Waals surface area contributed by atoms with Crippen LogP contribution in [0.5, 0.6) is 0 Å². The molecule has 25 heavy (non-hydrogen) atoms. The van der Waals surface area contributed by atoms with Gasteiger partial charge < -0.3 is 20.3 Å². The number of ether oxygens (including phenoxy) is 1. The number of piperazine rings is 1. The molecule has 2 N–H and O–H groups in total. The molecule has 1 fully saturated rings. The Labute approximate surface area is 151 Å². The number of halogens is 1. The Hall–Kier alpha value is -2.28. The predicted molar refractivity (Wildman–Crippen MR) is 94.3 cm³/mol. The van der Waals surface area contributed by atoms with Gasteiger partial charge in [0.2, 0.25) is 11.8 Å². The van der Waals surface area contributed by atoms with Crippen LogP contribution in [0.25, 0.3) is 0 Å². The summed E-state index contributed by atoms with van der Waals surface area (Å²) in [5.74, 6) is -1.06. The van der Waals surface area contributed by atoms with Crippen LogP contribution in [0.4, 0.5) is 5.69 Å². The lowest BCUT2D eigenvalue weighted by Crippen LogP contribution is -2.58. The zero-order valence-electron chi connectivity index (χ0n) is 14.1. The maximum Gasteiger partial charge on any atom is 0.308 e. The standard InChI is InChI=1S/C17H22ClN3O4/c1-2-9-25-16(23)10-14-17(24)19-7-8-21(14)15(22)11-20-13-5-3-12(18)4-6-13/h3-6,14,20H,2,7-11H2,1H3,(H,19,24). The largest absolute Gasteiger partial charge is 0.466 e. The first-order valence-corrected chi connectivity index (χ1v) is 8.61. The highest BCUT2D eigenvalue weighted by molar-refractivity contribution is 6.30. The van der Waals surface area contributed by atoms with Crippen molar-refractivity contribution in [3.05, 3.63) is 29.3 Å². The quantitative estimate of drug-likeness (QED) is 0.712. The molecular weight excluding hydrogens is 346 g/mol. The number of esters is 1. The lowest BCUT2D eigenvalue weighted by Gasteiger charge is -2.34. The van der Waals surface area contributed by atoms with Gasteiger partial charge >= 0.3 is 5.97 Å². The molecule has 0 saturated carbocycles. The van der Waals surface area contributed by atoms with Gasteiger partial charge in [-0.15, -0.1) is 0 Å². The van der Waals surface area contributed by atoms with Crippen molar-refractivity contribution < 1.29 is 19.1 Å². The molecule has 1 heterocycles. The number of carbonyl (C=O) groups is 3. The lowest BCUT2D eigenvalue weighted by atomic mass is 10.1. The van der Waals surface area contributed by atoms with Crippen LogP contribution in [0, 0.1) is 0 Å². The highest BCUT2D eigenvalue weighted by atomic mass is 35.5. The summed E-state index contributed by atoms with van der Waals surface area (Å²) in [6.45, 7) is 2.94. The molecule has 7 nitrogen and oxygen atoms in total. The molecule has 0 spiro atoms. The molecule has 2 amide bonds. The van der Waals surface area contributed by atoms with E-state index in [1.54, 1.807) is 24.3 Å². The topological polar surface area (TPSA) is 87.7 Å². The average molecular weight is 368 g/mol. The van der Waals surface area contributed by atoms with Gasteiger partial charge in [0.15, 0.2) is 0 Å². The summed E-state index contributed by atoms with van der Waals surface area (Å²) < 4.78 is 5.03. The van der Waals surface area contributed by atoms with E-state index in [-0.39, 0.29) is 24.8 Å². The third kappa shape index (κ3) is 5.63. The van der Waals surface area contributed by atoms with E-state index in [0.717, 1.165) is 5.69 Å². The summed E-state index contributed by atoms with van der Waals surface area (Å²) in [5, 5.41) is 6.28. The fourth-order valence-electron chi connectivity index (χ4n) is 2.50. The van der Waals surface area contributed by atoms with E-state index in [1.807, 2.05) is 6.92 Å². The van der Waals surface area contributed by atoms with E-state index in [1.165, 1.54) is 4.90 Å². The van der Waals surface area contributed by atoms with Crippen molar-refractivity contribution >= 4 is 35.1 Å². The lowest BCUT2D eigenvalue weighted by molar-refractivity contribution is -0.151. The normalized spacial score (nSPS) is 17.0. The molecule has 0 bridgehead atoms. The summed E-state index contributed by atoms with van der Waals surface area (Å²) in [4.78, 5) is 37.8.